The van der Waals surface area contributed by atoms with E-state index >= 15 is 0 Å². The number of fused-ring (bicyclic) bond motifs is 2. The van der Waals surface area contributed by atoms with Gasteiger partial charge in [0.1, 0.15) is 12.1 Å². The second-order valence-corrected chi connectivity index (χ2v) is 7.84. The number of carbonyl (C=O) groups is 1. The van der Waals surface area contributed by atoms with Gasteiger partial charge in [0.25, 0.3) is 0 Å². The van der Waals surface area contributed by atoms with E-state index in [0.29, 0.717) is 0 Å². The number of nitrogens with two attached hydrogens (primary N) is 1. The summed E-state index contributed by atoms with van der Waals surface area (Å²) in [6.07, 6.45) is 6.85. The Hall–Kier alpha value is -0.910. The van der Waals surface area contributed by atoms with Crippen LogP contribution in [0.3, 0.4) is 0 Å². The number of piperidine rings is 1. The minimum absolute atomic E-state index is 0. The second kappa shape index (κ2) is 8.19. The van der Waals surface area contributed by atoms with Crippen LogP contribution in [0.5, 0.6) is 0 Å². The summed E-state index contributed by atoms with van der Waals surface area (Å²) in [4.78, 5) is 14.9. The maximum Gasteiger partial charge on any atom is 0.323 e. The fourth-order valence-electron chi connectivity index (χ4n) is 4.88. The van der Waals surface area contributed by atoms with Crippen molar-refractivity contribution in [3.05, 3.63) is 35.9 Å². The molecule has 1 saturated carbocycles. The van der Waals surface area contributed by atoms with Gasteiger partial charge in [-0.1, -0.05) is 49.6 Å². The van der Waals surface area contributed by atoms with Gasteiger partial charge < -0.3 is 10.5 Å². The van der Waals surface area contributed by atoms with Crippen LogP contribution in [0, 0.1) is 11.8 Å². The molecule has 3 fully saturated rings. The van der Waals surface area contributed by atoms with Gasteiger partial charge in [0.15, 0.2) is 0 Å². The molecule has 5 heteroatoms. The van der Waals surface area contributed by atoms with Gasteiger partial charge in [-0.05, 0) is 36.7 Å². The van der Waals surface area contributed by atoms with Crippen LogP contribution in [0.15, 0.2) is 30.3 Å². The van der Waals surface area contributed by atoms with Crippen LogP contribution in [0.2, 0.25) is 0 Å². The Kier molecular flexibility index (Phi) is 6.18. The lowest BCUT2D eigenvalue weighted by Gasteiger charge is -2.49. The van der Waals surface area contributed by atoms with Crippen molar-refractivity contribution in [1.82, 2.24) is 4.90 Å². The molecule has 0 aromatic heterocycles. The van der Waals surface area contributed by atoms with Crippen LogP contribution in [-0.4, -0.2) is 42.1 Å². The van der Waals surface area contributed by atoms with Crippen LogP contribution >= 0.6 is 17.0 Å². The van der Waals surface area contributed by atoms with Crippen LogP contribution in [0.4, 0.5) is 0 Å². The van der Waals surface area contributed by atoms with Gasteiger partial charge in [0, 0.05) is 19.1 Å². The molecule has 0 amide bonds. The Balaban J connectivity index is 0.00000182. The Labute approximate surface area is 160 Å². The fourth-order valence-corrected chi connectivity index (χ4v) is 4.88. The molecule has 0 spiro atoms. The minimum atomic E-state index is -0.186. The summed E-state index contributed by atoms with van der Waals surface area (Å²) >= 11 is 0. The number of cyclic esters (lactones) is 1. The molecule has 0 radical (unpaired) electrons. The van der Waals surface area contributed by atoms with E-state index in [9.17, 15) is 4.79 Å². The molecule has 25 heavy (non-hydrogen) atoms. The molecule has 2 aliphatic heterocycles. The van der Waals surface area contributed by atoms with Gasteiger partial charge in [-0.15, -0.1) is 17.0 Å². The number of hydrogen-bond acceptors (Lipinski definition) is 4. The molecule has 2 heterocycles. The third-order valence-electron chi connectivity index (χ3n) is 6.25. The van der Waals surface area contributed by atoms with E-state index in [1.54, 1.807) is 0 Å². The highest BCUT2D eigenvalue weighted by Crippen LogP contribution is 2.40. The molecule has 4 rings (SSSR count). The molecular weight excluding hydrogens is 380 g/mol. The number of esters is 1. The van der Waals surface area contributed by atoms with E-state index in [4.69, 9.17) is 10.5 Å². The van der Waals surface area contributed by atoms with Crippen molar-refractivity contribution in [2.45, 2.75) is 56.7 Å². The van der Waals surface area contributed by atoms with Gasteiger partial charge in [-0.3, -0.25) is 9.69 Å². The number of ether oxygens (including phenoxy) is 1. The normalized spacial score (nSPS) is 33.4. The second-order valence-electron chi connectivity index (χ2n) is 7.84. The number of halogens is 1. The number of benzene rings is 1. The van der Waals surface area contributed by atoms with Gasteiger partial charge >= 0.3 is 5.97 Å². The van der Waals surface area contributed by atoms with E-state index < -0.39 is 0 Å². The largest absolute Gasteiger partial charge is 0.458 e. The van der Waals surface area contributed by atoms with Crippen molar-refractivity contribution < 1.29 is 9.53 Å². The third-order valence-corrected chi connectivity index (χ3v) is 6.25. The first-order chi connectivity index (χ1) is 11.7. The number of hydrogen-bond donors (Lipinski definition) is 1. The predicted molar refractivity (Wildman–Crippen MR) is 104 cm³/mol. The Morgan fingerprint density at radius 1 is 1.12 bits per heavy atom. The lowest BCUT2D eigenvalue weighted by molar-refractivity contribution is -0.174. The molecule has 2 N–H and O–H groups in total. The van der Waals surface area contributed by atoms with Gasteiger partial charge in [-0.2, -0.15) is 0 Å². The smallest absolute Gasteiger partial charge is 0.323 e. The molecule has 4 nitrogen and oxygen atoms in total. The molecule has 5 atom stereocenters. The monoisotopic (exact) mass is 408 g/mol. The van der Waals surface area contributed by atoms with E-state index in [1.807, 2.05) is 18.2 Å². The summed E-state index contributed by atoms with van der Waals surface area (Å²) in [5, 5.41) is 0. The average molecular weight is 409 g/mol. The first kappa shape index (κ1) is 18.9. The fraction of sp³-hybridized carbons (Fsp3) is 0.650. The summed E-state index contributed by atoms with van der Waals surface area (Å²) in [5.74, 6) is 1.45. The van der Waals surface area contributed by atoms with Crippen molar-refractivity contribution in [2.24, 2.45) is 17.6 Å². The maximum atomic E-state index is 12.6. The minimum Gasteiger partial charge on any atom is -0.458 e. The maximum absolute atomic E-state index is 12.6. The zero-order valence-electron chi connectivity index (χ0n) is 14.7. The summed E-state index contributed by atoms with van der Waals surface area (Å²) in [6, 6.07) is 10.1. The molecule has 1 aromatic rings. The van der Waals surface area contributed by atoms with E-state index in [-0.39, 0.29) is 41.1 Å². The number of carbonyl (C=O) groups excluding carboxylic acids is 1. The number of morpholine rings is 1. The average Bonchev–Trinajstić information content (AvgIpc) is 2.61. The van der Waals surface area contributed by atoms with Crippen molar-refractivity contribution in [2.75, 3.05) is 13.1 Å². The van der Waals surface area contributed by atoms with Crippen LogP contribution in [-0.2, 0) is 16.0 Å². The lowest BCUT2D eigenvalue weighted by atomic mass is 9.72. The van der Waals surface area contributed by atoms with Crippen LogP contribution < -0.4 is 5.73 Å². The van der Waals surface area contributed by atoms with Crippen molar-refractivity contribution in [1.29, 1.82) is 0 Å². The number of rotatable bonds is 3. The van der Waals surface area contributed by atoms with Crippen molar-refractivity contribution in [3.63, 3.8) is 0 Å². The van der Waals surface area contributed by atoms with E-state index in [0.717, 1.165) is 37.8 Å². The first-order valence-corrected chi connectivity index (χ1v) is 9.45. The Bertz CT molecular complexity index is 582. The zero-order chi connectivity index (χ0) is 16.5. The highest BCUT2D eigenvalue weighted by Gasteiger charge is 2.45. The van der Waals surface area contributed by atoms with Gasteiger partial charge in [0.2, 0.25) is 0 Å². The van der Waals surface area contributed by atoms with Crippen molar-refractivity contribution >= 4 is 23.0 Å². The van der Waals surface area contributed by atoms with E-state index in [2.05, 4.69) is 17.0 Å². The van der Waals surface area contributed by atoms with Gasteiger partial charge in [-0.25, -0.2) is 0 Å². The van der Waals surface area contributed by atoms with Crippen molar-refractivity contribution in [3.8, 4) is 0 Å². The first-order valence-electron chi connectivity index (χ1n) is 9.45. The van der Waals surface area contributed by atoms with E-state index in [1.165, 1.54) is 31.2 Å². The van der Waals surface area contributed by atoms with Crippen LogP contribution in [0.25, 0.3) is 0 Å². The zero-order valence-corrected chi connectivity index (χ0v) is 16.4. The molecule has 1 aliphatic carbocycles. The topological polar surface area (TPSA) is 55.6 Å². The molecule has 2 saturated heterocycles. The molecule has 1 aromatic carbocycles. The highest BCUT2D eigenvalue weighted by molar-refractivity contribution is 8.93. The summed E-state index contributed by atoms with van der Waals surface area (Å²) in [7, 11) is 0. The van der Waals surface area contributed by atoms with Crippen LogP contribution in [0.1, 0.15) is 37.7 Å². The standard InChI is InChI=1S/C20H28N2O2.BrH/c21-17(10-14-6-2-1-3-7-14)19-13-22-12-16-9-5-4-8-15(16)11-18(22)20(23)24-19;/h1-3,6-7,15-19H,4-5,8-13,21H2;1H/t15-,16+,17-,18-,19+;/m0./s1. The molecular formula is C20H29BrN2O2. The summed E-state index contributed by atoms with van der Waals surface area (Å²) < 4.78 is 5.76. The Morgan fingerprint density at radius 3 is 2.60 bits per heavy atom. The number of nitrogens with zero attached hydrogens (tertiary/aromatic N) is 1. The quantitative estimate of drug-likeness (QED) is 0.781. The van der Waals surface area contributed by atoms with Gasteiger partial charge in [0.05, 0.1) is 0 Å². The molecule has 0 bridgehead atoms. The predicted octanol–water partition coefficient (Wildman–Crippen LogP) is 2.94. The third kappa shape index (κ3) is 4.09. The summed E-state index contributed by atoms with van der Waals surface area (Å²) in [6.45, 7) is 1.85. The highest BCUT2D eigenvalue weighted by atomic mass is 79.9. The molecule has 138 valence electrons. The Morgan fingerprint density at radius 2 is 1.84 bits per heavy atom. The molecule has 3 aliphatic rings. The summed E-state index contributed by atoms with van der Waals surface area (Å²) in [5.41, 5.74) is 7.60. The lowest BCUT2D eigenvalue weighted by Crippen LogP contribution is -2.61. The SMILES string of the molecule is Br.N[C@@H](Cc1ccccc1)[C@H]1CN2C[C@H]3CCCC[C@H]3C[C@H]2C(=O)O1. The molecule has 0 unspecified atom stereocenters.